The lowest BCUT2D eigenvalue weighted by Gasteiger charge is -2.12. The summed E-state index contributed by atoms with van der Waals surface area (Å²) in [4.78, 5) is 24.0. The number of nitrogens with zero attached hydrogens (tertiary/aromatic N) is 1. The summed E-state index contributed by atoms with van der Waals surface area (Å²) in [6.07, 6.45) is -2.59. The van der Waals surface area contributed by atoms with Crippen molar-refractivity contribution in [3.8, 4) is 0 Å². The van der Waals surface area contributed by atoms with Gasteiger partial charge in [0, 0.05) is 5.92 Å². The number of rotatable bonds is 2. The number of nitrogens with one attached hydrogen (secondary N) is 1. The highest BCUT2D eigenvalue weighted by molar-refractivity contribution is 4.85. The van der Waals surface area contributed by atoms with Gasteiger partial charge in [-0.2, -0.15) is 0 Å². The second-order valence-corrected chi connectivity index (χ2v) is 3.73. The molecule has 8 heteroatoms. The summed E-state index contributed by atoms with van der Waals surface area (Å²) in [6, 6.07) is 0. The summed E-state index contributed by atoms with van der Waals surface area (Å²) in [5.74, 6) is -1.35. The molecule has 0 saturated carbocycles. The molecule has 8 nitrogen and oxygen atoms in total. The van der Waals surface area contributed by atoms with Gasteiger partial charge in [0.05, 0.1) is 12.7 Å². The van der Waals surface area contributed by atoms with Gasteiger partial charge in [-0.1, -0.05) is 6.92 Å². The molecule has 1 fully saturated rings. The monoisotopic (exact) mass is 232 g/mol. The Kier molecular flexibility index (Phi) is 2.70. The van der Waals surface area contributed by atoms with Gasteiger partial charge in [-0.15, -0.1) is 4.74 Å². The zero-order chi connectivity index (χ0) is 11.9. The third-order valence-electron chi connectivity index (χ3n) is 2.69. The highest BCUT2D eigenvalue weighted by Gasteiger charge is 2.43. The molecule has 2 rings (SSSR count). The number of aromatic nitrogens is 2. The highest BCUT2D eigenvalue weighted by Crippen LogP contribution is 2.32. The molecule has 0 radical (unpaired) electrons. The molecule has 1 aromatic rings. The average molecular weight is 232 g/mol. The van der Waals surface area contributed by atoms with E-state index in [1.54, 1.807) is 6.92 Å². The minimum absolute atomic E-state index is 0.370. The number of H-pyrrole nitrogens is 1. The molecule has 3 N–H and O–H groups in total. The smallest absolute Gasteiger partial charge is 0.394 e. The number of ether oxygens (including phenoxy) is 1. The number of aromatic amines is 1. The Morgan fingerprint density at radius 1 is 1.50 bits per heavy atom. The first-order valence-electron chi connectivity index (χ1n) is 4.81. The zero-order valence-electron chi connectivity index (χ0n) is 8.49. The average Bonchev–Trinajstić information content (AvgIpc) is 2.70. The van der Waals surface area contributed by atoms with E-state index in [4.69, 9.17) is 9.84 Å². The second kappa shape index (κ2) is 3.89. The summed E-state index contributed by atoms with van der Waals surface area (Å²) in [6.45, 7) is 1.26. The van der Waals surface area contributed by atoms with E-state index in [2.05, 4.69) is 4.52 Å². The van der Waals surface area contributed by atoms with Crippen LogP contribution in [0, 0.1) is 5.92 Å². The first-order valence-corrected chi connectivity index (χ1v) is 4.81. The van der Waals surface area contributed by atoms with Gasteiger partial charge >= 0.3 is 11.4 Å². The SMILES string of the molecule is CC1C(O)C(CO)OC1n1oc(=O)[nH]c1=O. The van der Waals surface area contributed by atoms with Crippen LogP contribution in [0.4, 0.5) is 0 Å². The number of aliphatic hydroxyl groups excluding tert-OH is 2. The molecule has 1 aliphatic heterocycles. The third kappa shape index (κ3) is 1.60. The van der Waals surface area contributed by atoms with Gasteiger partial charge in [-0.3, -0.25) is 0 Å². The zero-order valence-corrected chi connectivity index (χ0v) is 8.49. The van der Waals surface area contributed by atoms with Gasteiger partial charge in [0.1, 0.15) is 6.10 Å². The predicted octanol–water partition coefficient (Wildman–Crippen LogP) is -1.98. The molecule has 2 heterocycles. The molecule has 1 aliphatic rings. The first-order chi connectivity index (χ1) is 7.54. The summed E-state index contributed by atoms with van der Waals surface area (Å²) in [5.41, 5.74) is -0.743. The summed E-state index contributed by atoms with van der Waals surface area (Å²) < 4.78 is 10.5. The molecule has 0 aromatic carbocycles. The molecular formula is C8H12N2O6. The molecular weight excluding hydrogens is 220 g/mol. The normalized spacial score (nSPS) is 34.4. The molecule has 1 saturated heterocycles. The number of hydrogen-bond acceptors (Lipinski definition) is 6. The Labute approximate surface area is 89.0 Å². The summed E-state index contributed by atoms with van der Waals surface area (Å²) in [5, 5.41) is 18.6. The van der Waals surface area contributed by atoms with Crippen molar-refractivity contribution in [3.63, 3.8) is 0 Å². The molecule has 4 unspecified atom stereocenters. The van der Waals surface area contributed by atoms with Crippen LogP contribution in [-0.2, 0) is 4.74 Å². The quantitative estimate of drug-likeness (QED) is 0.543. The van der Waals surface area contributed by atoms with Gasteiger partial charge in [-0.05, 0) is 0 Å². The molecule has 1 aromatic heterocycles. The van der Waals surface area contributed by atoms with Crippen LogP contribution < -0.4 is 11.4 Å². The molecule has 16 heavy (non-hydrogen) atoms. The van der Waals surface area contributed by atoms with Crippen LogP contribution in [0.1, 0.15) is 13.2 Å². The van der Waals surface area contributed by atoms with Crippen LogP contribution in [-0.4, -0.2) is 38.8 Å². The summed E-state index contributed by atoms with van der Waals surface area (Å²) >= 11 is 0. The maximum absolute atomic E-state index is 11.3. The van der Waals surface area contributed by atoms with Crippen molar-refractivity contribution in [1.82, 2.24) is 9.72 Å². The van der Waals surface area contributed by atoms with Crippen molar-refractivity contribution in [2.45, 2.75) is 25.4 Å². The maximum Gasteiger partial charge on any atom is 0.440 e. The van der Waals surface area contributed by atoms with Crippen LogP contribution in [0.25, 0.3) is 0 Å². The Bertz CT molecular complexity index is 473. The van der Waals surface area contributed by atoms with Gasteiger partial charge in [0.15, 0.2) is 6.23 Å². The van der Waals surface area contributed by atoms with Gasteiger partial charge in [0.25, 0.3) is 0 Å². The van der Waals surface area contributed by atoms with Crippen molar-refractivity contribution in [3.05, 3.63) is 21.0 Å². The first kappa shape index (κ1) is 11.1. The molecule has 90 valence electrons. The number of aliphatic hydroxyl groups is 2. The van der Waals surface area contributed by atoms with Crippen LogP contribution in [0.15, 0.2) is 14.1 Å². The van der Waals surface area contributed by atoms with E-state index >= 15 is 0 Å². The van der Waals surface area contributed by atoms with Gasteiger partial charge in [0.2, 0.25) is 0 Å². The third-order valence-corrected chi connectivity index (χ3v) is 2.69. The minimum atomic E-state index is -0.915. The molecule has 0 bridgehead atoms. The van der Waals surface area contributed by atoms with E-state index in [-0.39, 0.29) is 6.61 Å². The lowest BCUT2D eigenvalue weighted by atomic mass is 10.0. The van der Waals surface area contributed by atoms with E-state index in [9.17, 15) is 14.7 Å². The Hall–Kier alpha value is -1.38. The van der Waals surface area contributed by atoms with Gasteiger partial charge in [-0.25, -0.2) is 14.6 Å². The Balaban J connectivity index is 2.33. The van der Waals surface area contributed by atoms with Crippen molar-refractivity contribution in [2.75, 3.05) is 6.61 Å². The second-order valence-electron chi connectivity index (χ2n) is 3.73. The van der Waals surface area contributed by atoms with Crippen LogP contribution in [0.5, 0.6) is 0 Å². The van der Waals surface area contributed by atoms with Gasteiger partial charge < -0.3 is 19.5 Å². The molecule has 0 amide bonds. The van der Waals surface area contributed by atoms with E-state index in [1.165, 1.54) is 0 Å². The summed E-state index contributed by atoms with van der Waals surface area (Å²) in [7, 11) is 0. The maximum atomic E-state index is 11.3. The minimum Gasteiger partial charge on any atom is -0.394 e. The lowest BCUT2D eigenvalue weighted by Crippen LogP contribution is -2.28. The Morgan fingerprint density at radius 2 is 2.19 bits per heavy atom. The Morgan fingerprint density at radius 3 is 2.62 bits per heavy atom. The van der Waals surface area contributed by atoms with Crippen molar-refractivity contribution >= 4 is 0 Å². The van der Waals surface area contributed by atoms with E-state index < -0.39 is 35.8 Å². The van der Waals surface area contributed by atoms with Crippen LogP contribution in [0.3, 0.4) is 0 Å². The molecule has 4 atom stereocenters. The standard InChI is InChI=1S/C8H12N2O6/c1-3-5(12)4(2-11)15-6(3)10-7(13)9-8(14)16-10/h3-6,11-12H,2H2,1H3,(H,9,13,14). The van der Waals surface area contributed by atoms with Crippen LogP contribution >= 0.6 is 0 Å². The molecule has 0 spiro atoms. The topological polar surface area (TPSA) is 118 Å². The van der Waals surface area contributed by atoms with E-state index in [1.807, 2.05) is 4.98 Å². The lowest BCUT2D eigenvalue weighted by molar-refractivity contribution is -0.0772. The van der Waals surface area contributed by atoms with Crippen molar-refractivity contribution in [2.24, 2.45) is 5.92 Å². The van der Waals surface area contributed by atoms with Crippen molar-refractivity contribution < 1.29 is 19.5 Å². The fourth-order valence-electron chi connectivity index (χ4n) is 1.77. The van der Waals surface area contributed by atoms with Crippen LogP contribution in [0.2, 0.25) is 0 Å². The highest BCUT2D eigenvalue weighted by atomic mass is 16.6. The van der Waals surface area contributed by atoms with E-state index in [0.29, 0.717) is 0 Å². The van der Waals surface area contributed by atoms with Crippen molar-refractivity contribution in [1.29, 1.82) is 0 Å². The fourth-order valence-corrected chi connectivity index (χ4v) is 1.77. The molecule has 0 aliphatic carbocycles. The number of hydrogen-bond donors (Lipinski definition) is 3. The van der Waals surface area contributed by atoms with E-state index in [0.717, 1.165) is 4.74 Å². The fraction of sp³-hybridized carbons (Fsp3) is 0.750. The predicted molar refractivity (Wildman–Crippen MR) is 49.8 cm³/mol. The largest absolute Gasteiger partial charge is 0.440 e.